The Morgan fingerprint density at radius 1 is 1.08 bits per heavy atom. The molecule has 136 valence electrons. The van der Waals surface area contributed by atoms with Crippen LogP contribution in [0.3, 0.4) is 0 Å². The lowest BCUT2D eigenvalue weighted by Crippen LogP contribution is -2.35. The highest BCUT2D eigenvalue weighted by molar-refractivity contribution is 6.00. The number of carbonyl (C=O) groups is 2. The molecule has 25 heavy (non-hydrogen) atoms. The quantitative estimate of drug-likeness (QED) is 0.903. The van der Waals surface area contributed by atoms with Crippen LogP contribution >= 0.6 is 0 Å². The molecule has 1 saturated carbocycles. The van der Waals surface area contributed by atoms with Crippen molar-refractivity contribution in [2.24, 2.45) is 5.41 Å². The first-order valence-corrected chi connectivity index (χ1v) is 9.32. The lowest BCUT2D eigenvalue weighted by atomic mass is 9.75. The van der Waals surface area contributed by atoms with Gasteiger partial charge in [0.25, 0.3) is 5.91 Å². The minimum Gasteiger partial charge on any atom is -0.496 e. The Morgan fingerprint density at radius 3 is 2.40 bits per heavy atom. The number of nitrogens with zero attached hydrogens (tertiary/aromatic N) is 1. The molecule has 0 bridgehead atoms. The van der Waals surface area contributed by atoms with Gasteiger partial charge in [0.05, 0.1) is 12.7 Å². The van der Waals surface area contributed by atoms with Gasteiger partial charge in [-0.1, -0.05) is 26.2 Å². The predicted octanol–water partition coefficient (Wildman–Crippen LogP) is 3.84. The van der Waals surface area contributed by atoms with Crippen molar-refractivity contribution in [2.45, 2.75) is 51.9 Å². The van der Waals surface area contributed by atoms with Gasteiger partial charge in [-0.25, -0.2) is 0 Å². The van der Waals surface area contributed by atoms with Crippen LogP contribution in [0.4, 0.5) is 5.69 Å². The van der Waals surface area contributed by atoms with Gasteiger partial charge in [0, 0.05) is 24.2 Å². The molecule has 1 saturated heterocycles. The van der Waals surface area contributed by atoms with Crippen molar-refractivity contribution in [2.75, 3.05) is 25.5 Å². The lowest BCUT2D eigenvalue weighted by molar-refractivity contribution is -0.126. The first kappa shape index (κ1) is 17.8. The number of amides is 2. The van der Waals surface area contributed by atoms with Gasteiger partial charge in [0.1, 0.15) is 5.75 Å². The van der Waals surface area contributed by atoms with E-state index in [2.05, 4.69) is 5.32 Å². The molecule has 2 aliphatic rings. The van der Waals surface area contributed by atoms with Gasteiger partial charge in [-0.2, -0.15) is 0 Å². The van der Waals surface area contributed by atoms with Crippen molar-refractivity contribution in [3.8, 4) is 5.75 Å². The summed E-state index contributed by atoms with van der Waals surface area (Å²) in [4.78, 5) is 27.4. The fraction of sp³-hybridized carbons (Fsp3) is 0.600. The van der Waals surface area contributed by atoms with E-state index in [1.165, 1.54) is 6.42 Å². The van der Waals surface area contributed by atoms with Crippen LogP contribution in [0.5, 0.6) is 5.75 Å². The maximum atomic E-state index is 12.8. The number of methoxy groups -OCH3 is 1. The summed E-state index contributed by atoms with van der Waals surface area (Å²) >= 11 is 0. The van der Waals surface area contributed by atoms with Gasteiger partial charge in [-0.3, -0.25) is 9.59 Å². The zero-order valence-electron chi connectivity index (χ0n) is 15.3. The Balaban J connectivity index is 1.79. The fourth-order valence-corrected chi connectivity index (χ4v) is 3.88. The first-order valence-electron chi connectivity index (χ1n) is 9.32. The van der Waals surface area contributed by atoms with Gasteiger partial charge >= 0.3 is 0 Å². The van der Waals surface area contributed by atoms with Crippen molar-refractivity contribution < 1.29 is 14.3 Å². The number of anilines is 1. The lowest BCUT2D eigenvalue weighted by Gasteiger charge is -2.32. The van der Waals surface area contributed by atoms with Gasteiger partial charge in [0.2, 0.25) is 5.91 Å². The monoisotopic (exact) mass is 344 g/mol. The SMILES string of the molecule is COc1ccc(NC(=O)C2(C)CCCCC2)cc1C(=O)N1CCCC1. The number of ether oxygens (including phenoxy) is 1. The largest absolute Gasteiger partial charge is 0.496 e. The van der Waals surface area contributed by atoms with E-state index in [1.54, 1.807) is 19.2 Å². The third-order valence-electron chi connectivity index (χ3n) is 5.59. The van der Waals surface area contributed by atoms with Crippen LogP contribution in [-0.4, -0.2) is 36.9 Å². The van der Waals surface area contributed by atoms with Crippen molar-refractivity contribution in [1.29, 1.82) is 0 Å². The zero-order valence-corrected chi connectivity index (χ0v) is 15.3. The van der Waals surface area contributed by atoms with E-state index < -0.39 is 0 Å². The third kappa shape index (κ3) is 3.80. The van der Waals surface area contributed by atoms with Crippen molar-refractivity contribution in [1.82, 2.24) is 4.90 Å². The van der Waals surface area contributed by atoms with Gasteiger partial charge in [-0.15, -0.1) is 0 Å². The Bertz CT molecular complexity index is 644. The van der Waals surface area contributed by atoms with Crippen molar-refractivity contribution >= 4 is 17.5 Å². The highest BCUT2D eigenvalue weighted by Crippen LogP contribution is 2.37. The molecule has 1 aliphatic heterocycles. The number of hydrogen-bond donors (Lipinski definition) is 1. The second-order valence-corrected chi connectivity index (χ2v) is 7.49. The molecule has 2 amide bonds. The molecule has 5 nitrogen and oxygen atoms in total. The Hall–Kier alpha value is -2.04. The minimum atomic E-state index is -0.308. The van der Waals surface area contributed by atoms with Crippen molar-refractivity contribution in [3.63, 3.8) is 0 Å². The predicted molar refractivity (Wildman–Crippen MR) is 98.0 cm³/mol. The van der Waals surface area contributed by atoms with Crippen LogP contribution < -0.4 is 10.1 Å². The Kier molecular flexibility index (Phi) is 5.30. The van der Waals surface area contributed by atoms with E-state index in [0.29, 0.717) is 17.0 Å². The molecule has 1 N–H and O–H groups in total. The van der Waals surface area contributed by atoms with E-state index in [4.69, 9.17) is 4.74 Å². The van der Waals surface area contributed by atoms with E-state index in [0.717, 1.165) is 51.6 Å². The molecule has 0 unspecified atom stereocenters. The second kappa shape index (κ2) is 7.46. The smallest absolute Gasteiger partial charge is 0.257 e. The van der Waals surface area contributed by atoms with Gasteiger partial charge in [0.15, 0.2) is 0 Å². The zero-order chi connectivity index (χ0) is 17.9. The summed E-state index contributed by atoms with van der Waals surface area (Å²) in [5.41, 5.74) is 0.883. The van der Waals surface area contributed by atoms with Crippen LogP contribution in [0.1, 0.15) is 62.2 Å². The molecule has 3 rings (SSSR count). The molecule has 0 aromatic heterocycles. The third-order valence-corrected chi connectivity index (χ3v) is 5.59. The summed E-state index contributed by atoms with van der Waals surface area (Å²) in [6.45, 7) is 3.62. The molecule has 1 aliphatic carbocycles. The maximum Gasteiger partial charge on any atom is 0.257 e. The standard InChI is InChI=1S/C20H28N2O3/c1-20(10-4-3-5-11-20)19(24)21-15-8-9-17(25-2)16(14-15)18(23)22-12-6-7-13-22/h8-9,14H,3-7,10-13H2,1-2H3,(H,21,24). The van der Waals surface area contributed by atoms with E-state index in [1.807, 2.05) is 17.9 Å². The summed E-state index contributed by atoms with van der Waals surface area (Å²) < 4.78 is 5.36. The Labute approximate surface area is 149 Å². The molecule has 0 spiro atoms. The van der Waals surface area contributed by atoms with Crippen LogP contribution in [-0.2, 0) is 4.79 Å². The molecule has 1 heterocycles. The summed E-state index contributed by atoms with van der Waals surface area (Å²) in [6.07, 6.45) is 7.35. The molecule has 1 aromatic carbocycles. The number of hydrogen-bond acceptors (Lipinski definition) is 3. The number of benzene rings is 1. The maximum absolute atomic E-state index is 12.8. The van der Waals surface area contributed by atoms with Gasteiger partial charge in [-0.05, 0) is 43.9 Å². The highest BCUT2D eigenvalue weighted by atomic mass is 16.5. The normalized spacial score (nSPS) is 19.5. The van der Waals surface area contributed by atoms with E-state index in [9.17, 15) is 9.59 Å². The molecule has 2 fully saturated rings. The molecular formula is C20H28N2O3. The Morgan fingerprint density at radius 2 is 1.76 bits per heavy atom. The summed E-state index contributed by atoms with van der Waals surface area (Å²) in [6, 6.07) is 5.33. The summed E-state index contributed by atoms with van der Waals surface area (Å²) in [5, 5.41) is 3.02. The molecule has 0 radical (unpaired) electrons. The summed E-state index contributed by atoms with van der Waals surface area (Å²) in [7, 11) is 1.57. The number of rotatable bonds is 4. The second-order valence-electron chi connectivity index (χ2n) is 7.49. The number of nitrogens with one attached hydrogen (secondary N) is 1. The fourth-order valence-electron chi connectivity index (χ4n) is 3.88. The molecular weight excluding hydrogens is 316 g/mol. The van der Waals surface area contributed by atoms with Crippen LogP contribution in [0.25, 0.3) is 0 Å². The molecule has 5 heteroatoms. The molecule has 0 atom stereocenters. The van der Waals surface area contributed by atoms with Crippen molar-refractivity contribution in [3.05, 3.63) is 23.8 Å². The minimum absolute atomic E-state index is 0.0191. The van der Waals surface area contributed by atoms with Crippen LogP contribution in [0.15, 0.2) is 18.2 Å². The van der Waals surface area contributed by atoms with Crippen LogP contribution in [0.2, 0.25) is 0 Å². The average molecular weight is 344 g/mol. The highest BCUT2D eigenvalue weighted by Gasteiger charge is 2.34. The first-order chi connectivity index (χ1) is 12.0. The van der Waals surface area contributed by atoms with E-state index in [-0.39, 0.29) is 17.2 Å². The van der Waals surface area contributed by atoms with E-state index >= 15 is 0 Å². The summed E-state index contributed by atoms with van der Waals surface area (Å²) in [5.74, 6) is 0.588. The van der Waals surface area contributed by atoms with Gasteiger partial charge < -0.3 is 15.0 Å². The number of carbonyl (C=O) groups excluding carboxylic acids is 2. The topological polar surface area (TPSA) is 58.6 Å². The average Bonchev–Trinajstić information content (AvgIpc) is 3.16. The van der Waals surface area contributed by atoms with Crippen LogP contribution in [0, 0.1) is 5.41 Å². The molecule has 1 aromatic rings. The number of likely N-dealkylation sites (tertiary alicyclic amines) is 1.